The summed E-state index contributed by atoms with van der Waals surface area (Å²) in [5, 5.41) is 72.9. The van der Waals surface area contributed by atoms with Gasteiger partial charge in [-0.2, -0.15) is 0 Å². The number of nitrogens with zero attached hydrogens (tertiary/aromatic N) is 4. The van der Waals surface area contributed by atoms with Crippen LogP contribution in [0.25, 0.3) is 0 Å². The summed E-state index contributed by atoms with van der Waals surface area (Å²) < 4.78 is 2.11. The SMILES string of the molecule is CNC(=O)c1ccc(C(=O)N(CCN(CCNC(=O)c2ccn(C)c(=O)c2O)CCNC(=O)c2ccn(C)c(=O)c2O)C(=O)c2ccc(C(=O)NC)c(O)c2O)c(O)c1O. The highest BCUT2D eigenvalue weighted by atomic mass is 16.3. The monoisotopic (exact) mass is 834 g/mol. The van der Waals surface area contributed by atoms with Gasteiger partial charge in [-0.3, -0.25) is 48.2 Å². The predicted molar refractivity (Wildman–Crippen MR) is 209 cm³/mol. The van der Waals surface area contributed by atoms with Crippen LogP contribution in [-0.2, 0) is 14.1 Å². The quantitative estimate of drug-likeness (QED) is 0.0481. The molecule has 2 aromatic heterocycles. The van der Waals surface area contributed by atoms with E-state index in [0.29, 0.717) is 4.90 Å². The number of imide groups is 1. The van der Waals surface area contributed by atoms with E-state index >= 15 is 0 Å². The van der Waals surface area contributed by atoms with Crippen molar-refractivity contribution in [1.29, 1.82) is 0 Å². The lowest BCUT2D eigenvalue weighted by atomic mass is 10.0. The van der Waals surface area contributed by atoms with Crippen molar-refractivity contribution in [3.8, 4) is 34.5 Å². The highest BCUT2D eigenvalue weighted by Crippen LogP contribution is 2.36. The molecule has 6 amide bonds. The van der Waals surface area contributed by atoms with Gasteiger partial charge >= 0.3 is 0 Å². The zero-order valence-electron chi connectivity index (χ0n) is 32.6. The number of benzene rings is 2. The summed E-state index contributed by atoms with van der Waals surface area (Å²) >= 11 is 0. The number of rotatable bonds is 15. The number of aryl methyl sites for hydroxylation is 2. The third-order valence-electron chi connectivity index (χ3n) is 9.24. The number of aromatic nitrogens is 2. The molecule has 2 heterocycles. The second kappa shape index (κ2) is 19.0. The van der Waals surface area contributed by atoms with Gasteiger partial charge in [0.05, 0.1) is 33.4 Å². The summed E-state index contributed by atoms with van der Waals surface area (Å²) in [5.74, 6) is -11.6. The number of nitrogens with one attached hydrogen (secondary N) is 4. The molecule has 22 nitrogen and oxygen atoms in total. The smallest absolute Gasteiger partial charge is 0.293 e. The number of hydrogen-bond donors (Lipinski definition) is 10. The molecule has 10 N–H and O–H groups in total. The Bertz CT molecular complexity index is 2330. The molecule has 0 unspecified atom stereocenters. The minimum absolute atomic E-state index is 0.0969. The molecule has 0 saturated heterocycles. The highest BCUT2D eigenvalue weighted by molar-refractivity contribution is 6.14. The summed E-state index contributed by atoms with van der Waals surface area (Å²) in [7, 11) is 5.23. The number of phenols is 4. The molecule has 4 rings (SSSR count). The minimum atomic E-state index is -1.27. The van der Waals surface area contributed by atoms with Crippen molar-refractivity contribution in [3.05, 3.63) is 103 Å². The summed E-state index contributed by atoms with van der Waals surface area (Å²) in [6.07, 6.45) is 2.53. The van der Waals surface area contributed by atoms with Gasteiger partial charge in [0.25, 0.3) is 46.6 Å². The maximum atomic E-state index is 14.1. The van der Waals surface area contributed by atoms with Crippen molar-refractivity contribution in [2.75, 3.05) is 53.4 Å². The van der Waals surface area contributed by atoms with Crippen LogP contribution in [-0.4, -0.2) is 138 Å². The Labute approximate surface area is 339 Å². The molecule has 0 aliphatic heterocycles. The lowest BCUT2D eigenvalue weighted by Crippen LogP contribution is -2.46. The van der Waals surface area contributed by atoms with E-state index in [1.165, 1.54) is 57.6 Å². The Kier molecular flexibility index (Phi) is 14.2. The summed E-state index contributed by atoms with van der Waals surface area (Å²) in [5.41, 5.74) is -4.50. The van der Waals surface area contributed by atoms with E-state index in [-0.39, 0.29) is 43.9 Å². The van der Waals surface area contributed by atoms with Crippen molar-refractivity contribution >= 4 is 35.4 Å². The summed E-state index contributed by atoms with van der Waals surface area (Å²) in [6, 6.07) is 6.34. The highest BCUT2D eigenvalue weighted by Gasteiger charge is 2.32. The van der Waals surface area contributed by atoms with Crippen LogP contribution in [0.5, 0.6) is 34.5 Å². The molecule has 0 aliphatic carbocycles. The van der Waals surface area contributed by atoms with Crippen LogP contribution in [0.15, 0.2) is 58.4 Å². The van der Waals surface area contributed by atoms with Crippen molar-refractivity contribution in [3.63, 3.8) is 0 Å². The fourth-order valence-corrected chi connectivity index (χ4v) is 5.75. The summed E-state index contributed by atoms with van der Waals surface area (Å²) in [4.78, 5) is 105. The average molecular weight is 835 g/mol. The van der Waals surface area contributed by atoms with Gasteiger partial charge in [0.1, 0.15) is 0 Å². The van der Waals surface area contributed by atoms with Crippen LogP contribution in [0.2, 0.25) is 0 Å². The molecule has 0 fully saturated rings. The van der Waals surface area contributed by atoms with Gasteiger partial charge in [-0.25, -0.2) is 0 Å². The van der Waals surface area contributed by atoms with E-state index in [2.05, 4.69) is 21.3 Å². The molecular weight excluding hydrogens is 792 g/mol. The molecule has 0 atom stereocenters. The molecule has 22 heteroatoms. The van der Waals surface area contributed by atoms with Crippen LogP contribution < -0.4 is 32.4 Å². The zero-order chi connectivity index (χ0) is 44.6. The second-order valence-electron chi connectivity index (χ2n) is 13.0. The molecule has 4 aromatic rings. The molecule has 60 heavy (non-hydrogen) atoms. The number of pyridine rings is 2. The molecule has 0 bridgehead atoms. The van der Waals surface area contributed by atoms with Crippen LogP contribution in [0, 0.1) is 0 Å². The van der Waals surface area contributed by atoms with E-state index in [9.17, 15) is 69.0 Å². The van der Waals surface area contributed by atoms with Gasteiger partial charge < -0.3 is 61.0 Å². The van der Waals surface area contributed by atoms with Crippen LogP contribution in [0.1, 0.15) is 62.1 Å². The molecule has 0 aliphatic rings. The van der Waals surface area contributed by atoms with Crippen LogP contribution in [0.4, 0.5) is 0 Å². The normalized spacial score (nSPS) is 10.8. The molecule has 0 radical (unpaired) electrons. The largest absolute Gasteiger partial charge is 0.504 e. The molecular formula is C38H42N8O14. The average Bonchev–Trinajstić information content (AvgIpc) is 3.22. The Morgan fingerprint density at radius 3 is 1.18 bits per heavy atom. The molecule has 0 spiro atoms. The van der Waals surface area contributed by atoms with E-state index in [4.69, 9.17) is 0 Å². The molecule has 318 valence electrons. The fraction of sp³-hybridized carbons (Fsp3) is 0.263. The fourth-order valence-electron chi connectivity index (χ4n) is 5.75. The van der Waals surface area contributed by atoms with Gasteiger partial charge in [-0.05, 0) is 36.4 Å². The van der Waals surface area contributed by atoms with Gasteiger partial charge in [0.15, 0.2) is 34.5 Å². The Balaban J connectivity index is 1.68. The first-order valence-corrected chi connectivity index (χ1v) is 17.8. The standard InChI is InChI=1S/C38H42N8O14/c1-39-31(53)19-5-7-23(27(49)25(19)47)35(57)46(36(58)24-8-6-20(32(54)40-2)26(48)28(24)50)18-17-45(15-11-41-33(55)21-9-13-43(3)37(59)29(21)51)16-12-42-34(56)22-10-14-44(4)38(60)30(22)52/h5-10,13-14,47-52H,11-12,15-18H2,1-4H3,(H,39,53)(H,40,54)(H,41,55)(H,42,56). The third kappa shape index (κ3) is 9.45. The first-order chi connectivity index (χ1) is 28.4. The van der Waals surface area contributed by atoms with Crippen molar-refractivity contribution in [2.24, 2.45) is 14.1 Å². The number of amides is 6. The van der Waals surface area contributed by atoms with E-state index < -0.39 is 110 Å². The van der Waals surface area contributed by atoms with Crippen molar-refractivity contribution in [1.82, 2.24) is 40.2 Å². The van der Waals surface area contributed by atoms with E-state index in [1.807, 2.05) is 0 Å². The topological polar surface area (TPSA) is 322 Å². The van der Waals surface area contributed by atoms with Crippen molar-refractivity contribution in [2.45, 2.75) is 0 Å². The molecule has 2 aromatic carbocycles. The third-order valence-corrected chi connectivity index (χ3v) is 9.24. The first-order valence-electron chi connectivity index (χ1n) is 17.8. The van der Waals surface area contributed by atoms with E-state index in [0.717, 1.165) is 33.4 Å². The number of phenolic OH excluding ortho intramolecular Hbond substituents is 4. The van der Waals surface area contributed by atoms with Crippen LogP contribution >= 0.6 is 0 Å². The number of carbonyl (C=O) groups excluding carboxylic acids is 6. The van der Waals surface area contributed by atoms with E-state index in [1.54, 1.807) is 0 Å². The maximum Gasteiger partial charge on any atom is 0.293 e. The Morgan fingerprint density at radius 2 is 0.817 bits per heavy atom. The lowest BCUT2D eigenvalue weighted by molar-refractivity contribution is 0.0593. The maximum absolute atomic E-state index is 14.1. The van der Waals surface area contributed by atoms with Gasteiger partial charge in [0, 0.05) is 79.9 Å². The predicted octanol–water partition coefficient (Wildman–Crippen LogP) is -1.52. The minimum Gasteiger partial charge on any atom is -0.504 e. The second-order valence-corrected chi connectivity index (χ2v) is 13.0. The Morgan fingerprint density at radius 1 is 0.483 bits per heavy atom. The Hall–Kier alpha value is -7.88. The number of aromatic hydroxyl groups is 6. The number of carbonyl (C=O) groups is 6. The number of hydrogen-bond acceptors (Lipinski definition) is 15. The van der Waals surface area contributed by atoms with Gasteiger partial charge in [-0.15, -0.1) is 0 Å². The molecule has 0 saturated carbocycles. The zero-order valence-corrected chi connectivity index (χ0v) is 32.6. The summed E-state index contributed by atoms with van der Waals surface area (Å²) in [6.45, 7) is -1.46. The van der Waals surface area contributed by atoms with Gasteiger partial charge in [0.2, 0.25) is 0 Å². The van der Waals surface area contributed by atoms with Crippen LogP contribution in [0.3, 0.4) is 0 Å². The first kappa shape index (κ1) is 44.8. The lowest BCUT2D eigenvalue weighted by Gasteiger charge is -2.28. The van der Waals surface area contributed by atoms with Crippen molar-refractivity contribution < 1.29 is 59.4 Å². The van der Waals surface area contributed by atoms with Gasteiger partial charge in [-0.1, -0.05) is 0 Å².